The van der Waals surface area contributed by atoms with Crippen LogP contribution in [0.3, 0.4) is 0 Å². The van der Waals surface area contributed by atoms with Gasteiger partial charge in [-0.1, -0.05) is 27.5 Å². The van der Waals surface area contributed by atoms with Crippen LogP contribution in [0.2, 0.25) is 4.34 Å². The van der Waals surface area contributed by atoms with Crippen LogP contribution in [-0.4, -0.2) is 38.1 Å². The molecular formula is C15H15BrClN3O4S2. The molecule has 26 heavy (non-hydrogen) atoms. The van der Waals surface area contributed by atoms with Gasteiger partial charge in [-0.15, -0.1) is 11.3 Å². The van der Waals surface area contributed by atoms with Gasteiger partial charge in [-0.2, -0.15) is 4.31 Å². The molecule has 7 nitrogen and oxygen atoms in total. The van der Waals surface area contributed by atoms with Gasteiger partial charge < -0.3 is 10.6 Å². The van der Waals surface area contributed by atoms with Gasteiger partial charge in [0, 0.05) is 18.4 Å². The summed E-state index contributed by atoms with van der Waals surface area (Å²) in [6.07, 6.45) is 0. The molecule has 1 heterocycles. The molecule has 0 aliphatic heterocycles. The van der Waals surface area contributed by atoms with Crippen molar-refractivity contribution < 1.29 is 18.0 Å². The van der Waals surface area contributed by atoms with E-state index in [0.29, 0.717) is 20.2 Å². The second-order valence-corrected chi connectivity index (χ2v) is 10.1. The van der Waals surface area contributed by atoms with Crippen molar-refractivity contribution in [1.82, 2.24) is 4.31 Å². The second kappa shape index (κ2) is 8.49. The number of sulfonamides is 1. The van der Waals surface area contributed by atoms with E-state index in [0.717, 1.165) is 15.6 Å². The van der Waals surface area contributed by atoms with E-state index < -0.39 is 22.5 Å². The molecule has 2 aromatic rings. The highest BCUT2D eigenvalue weighted by atomic mass is 79.9. The topological polar surface area (TPSA) is 95.6 Å². The molecule has 11 heteroatoms. The molecule has 0 saturated heterocycles. The molecule has 2 amide bonds. The first kappa shape index (κ1) is 20.8. The summed E-state index contributed by atoms with van der Waals surface area (Å²) in [5, 5.41) is 5.20. The van der Waals surface area contributed by atoms with Crippen molar-refractivity contribution in [2.45, 2.75) is 11.1 Å². The van der Waals surface area contributed by atoms with Crippen LogP contribution in [-0.2, 0) is 19.6 Å². The van der Waals surface area contributed by atoms with Gasteiger partial charge in [-0.3, -0.25) is 9.59 Å². The summed E-state index contributed by atoms with van der Waals surface area (Å²) in [5.74, 6) is -0.847. The Morgan fingerprint density at radius 2 is 1.88 bits per heavy atom. The Balaban J connectivity index is 2.13. The lowest BCUT2D eigenvalue weighted by atomic mass is 10.2. The maximum absolute atomic E-state index is 12.4. The SMILES string of the molecule is CC(=O)Nc1ccc(Br)cc1NC(=O)CN(C)S(=O)(=O)c1ccc(Cl)s1. The highest BCUT2D eigenvalue weighted by Crippen LogP contribution is 2.28. The van der Waals surface area contributed by atoms with E-state index in [1.165, 1.54) is 26.1 Å². The summed E-state index contributed by atoms with van der Waals surface area (Å²) < 4.78 is 26.9. The lowest BCUT2D eigenvalue weighted by molar-refractivity contribution is -0.116. The Hall–Kier alpha value is -1.46. The van der Waals surface area contributed by atoms with Gasteiger partial charge in [-0.25, -0.2) is 8.42 Å². The van der Waals surface area contributed by atoms with Crippen LogP contribution in [0.4, 0.5) is 11.4 Å². The number of likely N-dealkylation sites (N-methyl/N-ethyl adjacent to an activating group) is 1. The Labute approximate surface area is 168 Å². The Bertz CT molecular complexity index is 946. The second-order valence-electron chi connectivity index (χ2n) is 5.24. The molecule has 0 aliphatic rings. The van der Waals surface area contributed by atoms with Gasteiger partial charge in [0.1, 0.15) is 4.21 Å². The quantitative estimate of drug-likeness (QED) is 0.662. The number of thiophene rings is 1. The van der Waals surface area contributed by atoms with Gasteiger partial charge in [-0.05, 0) is 30.3 Å². The van der Waals surface area contributed by atoms with Crippen molar-refractivity contribution in [3.05, 3.63) is 39.1 Å². The molecule has 0 saturated carbocycles. The number of carbonyl (C=O) groups excluding carboxylic acids is 2. The van der Waals surface area contributed by atoms with Gasteiger partial charge in [0.15, 0.2) is 0 Å². The van der Waals surface area contributed by atoms with Crippen LogP contribution in [0.1, 0.15) is 6.92 Å². The third-order valence-electron chi connectivity index (χ3n) is 3.15. The smallest absolute Gasteiger partial charge is 0.252 e. The number of anilines is 2. The van der Waals surface area contributed by atoms with Gasteiger partial charge in [0.2, 0.25) is 11.8 Å². The molecule has 2 rings (SSSR count). The third-order valence-corrected chi connectivity index (χ3v) is 7.14. The Morgan fingerprint density at radius 3 is 2.46 bits per heavy atom. The third kappa shape index (κ3) is 5.27. The Kier molecular flexibility index (Phi) is 6.80. The van der Waals surface area contributed by atoms with E-state index in [9.17, 15) is 18.0 Å². The lowest BCUT2D eigenvalue weighted by Gasteiger charge is -2.17. The largest absolute Gasteiger partial charge is 0.325 e. The number of nitrogens with zero attached hydrogens (tertiary/aromatic N) is 1. The number of benzene rings is 1. The summed E-state index contributed by atoms with van der Waals surface area (Å²) in [5.41, 5.74) is 0.758. The predicted octanol–water partition coefficient (Wildman–Crippen LogP) is 3.38. The van der Waals surface area contributed by atoms with E-state index in [-0.39, 0.29) is 10.1 Å². The molecule has 0 bridgehead atoms. The molecular weight excluding hydrogens is 466 g/mol. The van der Waals surface area contributed by atoms with Crippen molar-refractivity contribution in [3.63, 3.8) is 0 Å². The highest BCUT2D eigenvalue weighted by molar-refractivity contribution is 9.10. The fraction of sp³-hybridized carbons (Fsp3) is 0.200. The van der Waals surface area contributed by atoms with Gasteiger partial charge in [0.25, 0.3) is 10.0 Å². The summed E-state index contributed by atoms with van der Waals surface area (Å²) in [4.78, 5) is 23.6. The van der Waals surface area contributed by atoms with Gasteiger partial charge >= 0.3 is 0 Å². The van der Waals surface area contributed by atoms with Crippen LogP contribution in [0.25, 0.3) is 0 Å². The molecule has 0 unspecified atom stereocenters. The average Bonchev–Trinajstić information content (AvgIpc) is 2.96. The molecule has 0 spiro atoms. The van der Waals surface area contributed by atoms with E-state index in [4.69, 9.17) is 11.6 Å². The fourth-order valence-electron chi connectivity index (χ4n) is 1.99. The molecule has 0 fully saturated rings. The average molecular weight is 481 g/mol. The predicted molar refractivity (Wildman–Crippen MR) is 106 cm³/mol. The molecule has 0 aliphatic carbocycles. The maximum Gasteiger partial charge on any atom is 0.252 e. The van der Waals surface area contributed by atoms with Crippen molar-refractivity contribution in [2.75, 3.05) is 24.2 Å². The van der Waals surface area contributed by atoms with Crippen molar-refractivity contribution in [3.8, 4) is 0 Å². The number of halogens is 2. The first-order valence-corrected chi connectivity index (χ1v) is 10.6. The van der Waals surface area contributed by atoms with E-state index in [1.807, 2.05) is 0 Å². The van der Waals surface area contributed by atoms with Crippen LogP contribution < -0.4 is 10.6 Å². The zero-order valence-electron chi connectivity index (χ0n) is 13.7. The summed E-state index contributed by atoms with van der Waals surface area (Å²) in [6.45, 7) is 0.948. The van der Waals surface area contributed by atoms with E-state index in [2.05, 4.69) is 26.6 Å². The normalized spacial score (nSPS) is 11.4. The number of hydrogen-bond donors (Lipinski definition) is 2. The minimum absolute atomic E-state index is 0.0548. The summed E-state index contributed by atoms with van der Waals surface area (Å²) in [7, 11) is -2.51. The maximum atomic E-state index is 12.4. The zero-order chi connectivity index (χ0) is 19.5. The van der Waals surface area contributed by atoms with Crippen molar-refractivity contribution in [1.29, 1.82) is 0 Å². The number of nitrogens with one attached hydrogen (secondary N) is 2. The Morgan fingerprint density at radius 1 is 1.19 bits per heavy atom. The van der Waals surface area contributed by atoms with Crippen LogP contribution in [0, 0.1) is 0 Å². The van der Waals surface area contributed by atoms with Gasteiger partial charge in [0.05, 0.1) is 22.3 Å². The first-order chi connectivity index (χ1) is 12.1. The molecule has 1 aromatic heterocycles. The minimum atomic E-state index is -3.82. The molecule has 1 aromatic carbocycles. The van der Waals surface area contributed by atoms with Crippen LogP contribution >= 0.6 is 38.9 Å². The van der Waals surface area contributed by atoms with Crippen molar-refractivity contribution >= 4 is 72.1 Å². The standard InChI is InChI=1S/C15H15BrClN3O4S2/c1-9(21)18-11-4-3-10(16)7-12(11)19-14(22)8-20(2)26(23,24)15-6-5-13(17)25-15/h3-7H,8H2,1-2H3,(H,18,21)(H,19,22). The number of carbonyl (C=O) groups is 2. The van der Waals surface area contributed by atoms with E-state index in [1.54, 1.807) is 18.2 Å². The van der Waals surface area contributed by atoms with Crippen molar-refractivity contribution in [2.24, 2.45) is 0 Å². The zero-order valence-corrected chi connectivity index (χ0v) is 17.7. The monoisotopic (exact) mass is 479 g/mol. The molecule has 0 radical (unpaired) electrons. The minimum Gasteiger partial charge on any atom is -0.325 e. The van der Waals surface area contributed by atoms with Crippen LogP contribution in [0.15, 0.2) is 39.0 Å². The fourth-order valence-corrected chi connectivity index (χ4v) is 5.17. The number of rotatable bonds is 6. The molecule has 140 valence electrons. The lowest BCUT2D eigenvalue weighted by Crippen LogP contribution is -2.34. The number of amides is 2. The highest BCUT2D eigenvalue weighted by Gasteiger charge is 2.25. The van der Waals surface area contributed by atoms with E-state index >= 15 is 0 Å². The molecule has 2 N–H and O–H groups in total. The first-order valence-electron chi connectivity index (χ1n) is 7.18. The summed E-state index contributed by atoms with van der Waals surface area (Å²) >= 11 is 9.98. The van der Waals surface area contributed by atoms with Crippen LogP contribution in [0.5, 0.6) is 0 Å². The molecule has 0 atom stereocenters. The summed E-state index contributed by atoms with van der Waals surface area (Å²) in [6, 6.07) is 7.80. The number of hydrogen-bond acceptors (Lipinski definition) is 5.